The third kappa shape index (κ3) is 3.07. The van der Waals surface area contributed by atoms with Gasteiger partial charge in [0.05, 0.1) is 6.54 Å². The van der Waals surface area contributed by atoms with Gasteiger partial charge < -0.3 is 5.32 Å². The molecule has 112 valence electrons. The van der Waals surface area contributed by atoms with Gasteiger partial charge in [0.25, 0.3) is 0 Å². The normalized spacial score (nSPS) is 10.6. The number of hydrogen-bond acceptors (Lipinski definition) is 5. The number of nitrogens with one attached hydrogen (secondary N) is 1. The summed E-state index contributed by atoms with van der Waals surface area (Å²) in [4.78, 5) is 17.7. The minimum Gasteiger partial charge on any atom is -0.349 e. The van der Waals surface area contributed by atoms with Gasteiger partial charge in [0, 0.05) is 16.9 Å². The molecule has 22 heavy (non-hydrogen) atoms. The van der Waals surface area contributed by atoms with Gasteiger partial charge in [-0.25, -0.2) is 0 Å². The lowest BCUT2D eigenvalue weighted by Crippen LogP contribution is -2.15. The molecule has 0 saturated heterocycles. The second kappa shape index (κ2) is 6.53. The first-order chi connectivity index (χ1) is 10.8. The molecule has 5 nitrogen and oxygen atoms in total. The van der Waals surface area contributed by atoms with Crippen LogP contribution in [-0.4, -0.2) is 20.7 Å². The van der Waals surface area contributed by atoms with E-state index in [4.69, 9.17) is 0 Å². The van der Waals surface area contributed by atoms with Gasteiger partial charge in [-0.15, -0.1) is 16.4 Å². The molecule has 0 amide bonds. The van der Waals surface area contributed by atoms with Crippen molar-refractivity contribution < 1.29 is 4.79 Å². The number of rotatable bonds is 5. The molecular weight excluding hydrogens is 296 g/mol. The number of anilines is 1. The van der Waals surface area contributed by atoms with Crippen molar-refractivity contribution >= 4 is 23.2 Å². The first-order valence-electron chi connectivity index (χ1n) is 7.10. The zero-order chi connectivity index (χ0) is 15.4. The zero-order valence-electron chi connectivity index (χ0n) is 12.2. The molecule has 0 aliphatic rings. The van der Waals surface area contributed by atoms with Crippen LogP contribution in [0.25, 0.3) is 11.4 Å². The molecule has 1 aromatic carbocycles. The fourth-order valence-electron chi connectivity index (χ4n) is 2.04. The summed E-state index contributed by atoms with van der Waals surface area (Å²) in [7, 11) is 0. The Morgan fingerprint density at radius 1 is 1.23 bits per heavy atom. The summed E-state index contributed by atoms with van der Waals surface area (Å²) < 4.78 is 1.36. The van der Waals surface area contributed by atoms with Gasteiger partial charge in [-0.3, -0.25) is 4.79 Å². The van der Waals surface area contributed by atoms with Gasteiger partial charge in [0.15, 0.2) is 5.82 Å². The first kappa shape index (κ1) is 14.5. The van der Waals surface area contributed by atoms with E-state index in [2.05, 4.69) is 15.4 Å². The lowest BCUT2D eigenvalue weighted by atomic mass is 10.2. The van der Waals surface area contributed by atoms with Crippen molar-refractivity contribution in [2.45, 2.75) is 19.9 Å². The maximum absolute atomic E-state index is 12.1. The molecule has 1 N–H and O–H groups in total. The average Bonchev–Trinajstić information content (AvgIpc) is 3.22. The molecular formula is C16H16N4OS. The van der Waals surface area contributed by atoms with Crippen molar-refractivity contribution in [3.8, 4) is 11.4 Å². The molecule has 0 fully saturated rings. The van der Waals surface area contributed by atoms with E-state index in [-0.39, 0.29) is 5.91 Å². The largest absolute Gasteiger partial charge is 0.349 e. The third-order valence-corrected chi connectivity index (χ3v) is 4.06. The Bertz CT molecular complexity index is 750. The van der Waals surface area contributed by atoms with Crippen LogP contribution in [0.4, 0.5) is 5.95 Å². The van der Waals surface area contributed by atoms with Crippen LogP contribution in [0, 0.1) is 0 Å². The molecule has 2 heterocycles. The number of benzene rings is 1. The highest BCUT2D eigenvalue weighted by Crippen LogP contribution is 2.19. The molecule has 0 saturated carbocycles. The van der Waals surface area contributed by atoms with Crippen LogP contribution >= 0.6 is 11.3 Å². The van der Waals surface area contributed by atoms with Crippen molar-refractivity contribution in [3.05, 3.63) is 52.7 Å². The Hall–Kier alpha value is -2.47. The predicted molar refractivity (Wildman–Crippen MR) is 88.0 cm³/mol. The van der Waals surface area contributed by atoms with Gasteiger partial charge in [-0.05, 0) is 11.4 Å². The van der Waals surface area contributed by atoms with Crippen molar-refractivity contribution in [2.75, 3.05) is 5.32 Å². The Kier molecular flexibility index (Phi) is 4.29. The smallest absolute Gasteiger partial charge is 0.249 e. The van der Waals surface area contributed by atoms with Crippen LogP contribution in [0.15, 0.2) is 47.8 Å². The summed E-state index contributed by atoms with van der Waals surface area (Å²) in [6, 6.07) is 13.7. The maximum atomic E-state index is 12.1. The third-order valence-electron chi connectivity index (χ3n) is 3.18. The summed E-state index contributed by atoms with van der Waals surface area (Å²) in [5.41, 5.74) is 0.893. The maximum Gasteiger partial charge on any atom is 0.249 e. The highest BCUT2D eigenvalue weighted by Gasteiger charge is 2.15. The minimum atomic E-state index is -0.0802. The van der Waals surface area contributed by atoms with Gasteiger partial charge in [0.2, 0.25) is 11.9 Å². The fraction of sp³-hybridized carbons (Fsp3) is 0.188. The molecule has 0 atom stereocenters. The Labute approximate surface area is 132 Å². The van der Waals surface area contributed by atoms with Gasteiger partial charge in [0.1, 0.15) is 0 Å². The molecule has 0 spiro atoms. The van der Waals surface area contributed by atoms with Crippen LogP contribution < -0.4 is 5.32 Å². The Balaban J connectivity index is 1.89. The molecule has 0 unspecified atom stereocenters. The first-order valence-corrected chi connectivity index (χ1v) is 7.98. The quantitative estimate of drug-likeness (QED) is 0.781. The number of hydrogen-bond donors (Lipinski definition) is 1. The van der Waals surface area contributed by atoms with E-state index in [1.54, 1.807) is 11.3 Å². The summed E-state index contributed by atoms with van der Waals surface area (Å²) in [6.45, 7) is 2.44. The average molecular weight is 312 g/mol. The molecule has 0 aliphatic carbocycles. The number of carbonyl (C=O) groups excluding carboxylic acids is 1. The summed E-state index contributed by atoms with van der Waals surface area (Å²) in [5, 5.41) is 9.57. The monoisotopic (exact) mass is 312 g/mol. The van der Waals surface area contributed by atoms with Crippen molar-refractivity contribution in [3.63, 3.8) is 0 Å². The molecule has 0 radical (unpaired) electrons. The minimum absolute atomic E-state index is 0.0802. The molecule has 0 aliphatic heterocycles. The number of nitrogens with zero attached hydrogens (tertiary/aromatic N) is 3. The van der Waals surface area contributed by atoms with Gasteiger partial charge >= 0.3 is 0 Å². The molecule has 6 heteroatoms. The van der Waals surface area contributed by atoms with Gasteiger partial charge in [-0.2, -0.15) is 9.67 Å². The summed E-state index contributed by atoms with van der Waals surface area (Å²) >= 11 is 1.66. The highest BCUT2D eigenvalue weighted by atomic mass is 32.1. The van der Waals surface area contributed by atoms with Crippen LogP contribution in [0.2, 0.25) is 0 Å². The van der Waals surface area contributed by atoms with Crippen molar-refractivity contribution in [1.29, 1.82) is 0 Å². The Morgan fingerprint density at radius 2 is 2.05 bits per heavy atom. The van der Waals surface area contributed by atoms with Crippen LogP contribution in [0.1, 0.15) is 23.0 Å². The van der Waals surface area contributed by atoms with Crippen molar-refractivity contribution in [2.24, 2.45) is 0 Å². The lowest BCUT2D eigenvalue weighted by molar-refractivity contribution is 0.0895. The van der Waals surface area contributed by atoms with Gasteiger partial charge in [-0.1, -0.05) is 43.3 Å². The van der Waals surface area contributed by atoms with E-state index >= 15 is 0 Å². The second-order valence-corrected chi connectivity index (χ2v) is 5.75. The summed E-state index contributed by atoms with van der Waals surface area (Å²) in [5.74, 6) is 0.957. The fourth-order valence-corrected chi connectivity index (χ4v) is 2.68. The molecule has 2 aromatic heterocycles. The van der Waals surface area contributed by atoms with E-state index in [1.807, 2.05) is 54.8 Å². The second-order valence-electron chi connectivity index (χ2n) is 4.72. The number of carbonyl (C=O) groups is 1. The number of aromatic nitrogens is 3. The van der Waals surface area contributed by atoms with Crippen LogP contribution in [0.3, 0.4) is 0 Å². The number of thiophene rings is 1. The van der Waals surface area contributed by atoms with E-state index in [9.17, 15) is 4.79 Å². The lowest BCUT2D eigenvalue weighted by Gasteiger charge is -2.04. The predicted octanol–water partition coefficient (Wildman–Crippen LogP) is 3.67. The zero-order valence-corrected chi connectivity index (χ0v) is 13.0. The van der Waals surface area contributed by atoms with E-state index in [0.717, 1.165) is 5.56 Å². The molecule has 0 bridgehead atoms. The van der Waals surface area contributed by atoms with E-state index < -0.39 is 0 Å². The Morgan fingerprint density at radius 3 is 2.73 bits per heavy atom. The van der Waals surface area contributed by atoms with Crippen LogP contribution in [0.5, 0.6) is 0 Å². The van der Waals surface area contributed by atoms with E-state index in [1.165, 1.54) is 9.56 Å². The topological polar surface area (TPSA) is 59.8 Å². The van der Waals surface area contributed by atoms with Crippen molar-refractivity contribution in [1.82, 2.24) is 14.8 Å². The van der Waals surface area contributed by atoms with E-state index in [0.29, 0.717) is 24.7 Å². The summed E-state index contributed by atoms with van der Waals surface area (Å²) in [6.07, 6.45) is 0.380. The molecule has 3 rings (SSSR count). The van der Waals surface area contributed by atoms with Crippen LogP contribution in [-0.2, 0) is 6.54 Å². The SMILES string of the molecule is CCC(=O)n1nc(-c2ccccc2)nc1NCc1cccs1. The standard InChI is InChI=1S/C16H16N4OS/c1-2-14(21)20-16(17-11-13-9-6-10-22-13)18-15(19-20)12-7-4-3-5-8-12/h3-10H,2,11H2,1H3,(H,17,18,19). The molecule has 3 aromatic rings. The highest BCUT2D eigenvalue weighted by molar-refractivity contribution is 7.09.